The Bertz CT molecular complexity index is 578. The molecule has 6 nitrogen and oxygen atoms in total. The number of carbonyl (C=O) groups is 3. The van der Waals surface area contributed by atoms with E-state index in [1.165, 1.54) is 13.8 Å². The summed E-state index contributed by atoms with van der Waals surface area (Å²) in [7, 11) is 0. The number of carboxylic acids is 1. The van der Waals surface area contributed by atoms with E-state index in [2.05, 4.69) is 10.6 Å². The predicted octanol–water partition coefficient (Wildman–Crippen LogP) is 2.48. The molecular formula is C15H20N2O4. The van der Waals surface area contributed by atoms with Gasteiger partial charge >= 0.3 is 5.97 Å². The molecule has 2 amide bonds. The van der Waals surface area contributed by atoms with Crippen molar-refractivity contribution in [1.82, 2.24) is 0 Å². The number of amides is 2. The number of carboxylic acid groups (broad SMARTS) is 1. The van der Waals surface area contributed by atoms with Gasteiger partial charge < -0.3 is 15.7 Å². The Balaban J connectivity index is 3.76. The van der Waals surface area contributed by atoms with Crippen molar-refractivity contribution in [2.75, 3.05) is 10.6 Å². The third kappa shape index (κ3) is 3.39. The van der Waals surface area contributed by atoms with Crippen LogP contribution in [0.4, 0.5) is 11.4 Å². The fourth-order valence-electron chi connectivity index (χ4n) is 2.47. The first-order valence-corrected chi connectivity index (χ1v) is 6.65. The van der Waals surface area contributed by atoms with Crippen LogP contribution in [0.15, 0.2) is 0 Å². The van der Waals surface area contributed by atoms with E-state index in [0.717, 1.165) is 5.56 Å². The Hall–Kier alpha value is -2.37. The zero-order chi connectivity index (χ0) is 16.3. The monoisotopic (exact) mass is 292 g/mol. The number of hydrogen-bond acceptors (Lipinski definition) is 3. The van der Waals surface area contributed by atoms with E-state index in [9.17, 15) is 19.5 Å². The van der Waals surface area contributed by atoms with Crippen molar-refractivity contribution in [3.05, 3.63) is 22.3 Å². The summed E-state index contributed by atoms with van der Waals surface area (Å²) in [6.45, 7) is 7.90. The van der Waals surface area contributed by atoms with Gasteiger partial charge in [0.25, 0.3) is 0 Å². The van der Waals surface area contributed by atoms with Gasteiger partial charge in [0.15, 0.2) is 0 Å². The second-order valence-corrected chi connectivity index (χ2v) is 4.87. The second kappa shape index (κ2) is 6.39. The van der Waals surface area contributed by atoms with Crippen molar-refractivity contribution in [3.8, 4) is 0 Å². The summed E-state index contributed by atoms with van der Waals surface area (Å²) in [5.41, 5.74) is 2.70. The average Bonchev–Trinajstić information content (AvgIpc) is 2.34. The highest BCUT2D eigenvalue weighted by molar-refractivity contribution is 6.02. The Kier molecular flexibility index (Phi) is 5.07. The Morgan fingerprint density at radius 2 is 1.33 bits per heavy atom. The summed E-state index contributed by atoms with van der Waals surface area (Å²) >= 11 is 0. The lowest BCUT2D eigenvalue weighted by molar-refractivity contribution is -0.115. The van der Waals surface area contributed by atoms with E-state index in [1.54, 1.807) is 13.8 Å². The summed E-state index contributed by atoms with van der Waals surface area (Å²) < 4.78 is 0. The van der Waals surface area contributed by atoms with Crippen LogP contribution in [-0.4, -0.2) is 22.9 Å². The number of benzene rings is 1. The molecule has 0 aliphatic rings. The molecule has 0 radical (unpaired) electrons. The van der Waals surface area contributed by atoms with Crippen LogP contribution in [0.5, 0.6) is 0 Å². The molecule has 1 rings (SSSR count). The van der Waals surface area contributed by atoms with Crippen molar-refractivity contribution in [1.29, 1.82) is 0 Å². The molecule has 0 unspecified atom stereocenters. The molecule has 0 spiro atoms. The van der Waals surface area contributed by atoms with Gasteiger partial charge in [0, 0.05) is 25.2 Å². The largest absolute Gasteiger partial charge is 0.478 e. The van der Waals surface area contributed by atoms with E-state index in [4.69, 9.17) is 0 Å². The molecule has 1 aromatic carbocycles. The van der Waals surface area contributed by atoms with Gasteiger partial charge in [-0.2, -0.15) is 0 Å². The molecule has 21 heavy (non-hydrogen) atoms. The van der Waals surface area contributed by atoms with Gasteiger partial charge in [0.2, 0.25) is 11.8 Å². The molecule has 0 aromatic heterocycles. The highest BCUT2D eigenvalue weighted by Gasteiger charge is 2.23. The Labute approximate surface area is 123 Å². The summed E-state index contributed by atoms with van der Waals surface area (Å²) in [6.07, 6.45) is 0.548. The maximum Gasteiger partial charge on any atom is 0.336 e. The zero-order valence-corrected chi connectivity index (χ0v) is 12.9. The minimum Gasteiger partial charge on any atom is -0.478 e. The lowest BCUT2D eigenvalue weighted by Crippen LogP contribution is -2.18. The molecule has 114 valence electrons. The van der Waals surface area contributed by atoms with Crippen molar-refractivity contribution >= 4 is 29.2 Å². The minimum absolute atomic E-state index is 0.0969. The molecule has 3 N–H and O–H groups in total. The molecule has 0 atom stereocenters. The first kappa shape index (κ1) is 16.7. The number of nitrogens with one attached hydrogen (secondary N) is 2. The summed E-state index contributed by atoms with van der Waals surface area (Å²) in [5.74, 6) is -1.67. The Morgan fingerprint density at radius 1 is 0.952 bits per heavy atom. The number of anilines is 2. The predicted molar refractivity (Wildman–Crippen MR) is 80.9 cm³/mol. The summed E-state index contributed by atoms with van der Waals surface area (Å²) in [4.78, 5) is 34.3. The van der Waals surface area contributed by atoms with Crippen LogP contribution in [-0.2, 0) is 16.0 Å². The molecule has 0 saturated carbocycles. The highest BCUT2D eigenvalue weighted by Crippen LogP contribution is 2.36. The summed E-state index contributed by atoms with van der Waals surface area (Å²) in [5, 5.41) is 14.8. The van der Waals surface area contributed by atoms with Crippen molar-refractivity contribution < 1.29 is 19.5 Å². The average molecular weight is 292 g/mol. The van der Waals surface area contributed by atoms with E-state index in [0.29, 0.717) is 28.9 Å². The topological polar surface area (TPSA) is 95.5 Å². The number of rotatable bonds is 4. The molecule has 0 aliphatic carbocycles. The SMILES string of the molecule is CCc1c(NC(C)=O)c(C)c(C(=O)O)c(C)c1NC(C)=O. The number of aromatic carboxylic acids is 1. The van der Waals surface area contributed by atoms with Crippen molar-refractivity contribution in [2.45, 2.75) is 41.0 Å². The van der Waals surface area contributed by atoms with Crippen LogP contribution >= 0.6 is 0 Å². The fraction of sp³-hybridized carbons (Fsp3) is 0.400. The van der Waals surface area contributed by atoms with Crippen molar-refractivity contribution in [3.63, 3.8) is 0 Å². The quantitative estimate of drug-likeness (QED) is 0.794. The smallest absolute Gasteiger partial charge is 0.336 e. The van der Waals surface area contributed by atoms with Gasteiger partial charge in [-0.3, -0.25) is 9.59 Å². The molecular weight excluding hydrogens is 272 g/mol. The van der Waals surface area contributed by atoms with Crippen LogP contribution in [0.1, 0.15) is 47.8 Å². The van der Waals surface area contributed by atoms with Crippen LogP contribution in [0, 0.1) is 13.8 Å². The Morgan fingerprint density at radius 3 is 1.57 bits per heavy atom. The van der Waals surface area contributed by atoms with Crippen LogP contribution in [0.2, 0.25) is 0 Å². The van der Waals surface area contributed by atoms with E-state index in [1.807, 2.05) is 6.92 Å². The van der Waals surface area contributed by atoms with Gasteiger partial charge in [0.1, 0.15) is 0 Å². The first-order valence-electron chi connectivity index (χ1n) is 6.65. The molecule has 0 heterocycles. The van der Waals surface area contributed by atoms with E-state index >= 15 is 0 Å². The van der Waals surface area contributed by atoms with Crippen molar-refractivity contribution in [2.24, 2.45) is 0 Å². The van der Waals surface area contributed by atoms with E-state index < -0.39 is 5.97 Å². The zero-order valence-electron chi connectivity index (χ0n) is 12.9. The van der Waals surface area contributed by atoms with Crippen LogP contribution in [0.25, 0.3) is 0 Å². The molecule has 0 bridgehead atoms. The molecule has 0 fully saturated rings. The maximum absolute atomic E-state index is 11.5. The van der Waals surface area contributed by atoms with Gasteiger partial charge in [0.05, 0.1) is 5.56 Å². The maximum atomic E-state index is 11.5. The lowest BCUT2D eigenvalue weighted by Gasteiger charge is -2.22. The van der Waals surface area contributed by atoms with Gasteiger partial charge in [-0.25, -0.2) is 4.79 Å². The van der Waals surface area contributed by atoms with E-state index in [-0.39, 0.29) is 17.4 Å². The lowest BCUT2D eigenvalue weighted by atomic mass is 9.92. The normalized spacial score (nSPS) is 10.1. The number of hydrogen-bond donors (Lipinski definition) is 3. The molecule has 0 aliphatic heterocycles. The van der Waals surface area contributed by atoms with Gasteiger partial charge in [-0.1, -0.05) is 6.92 Å². The minimum atomic E-state index is -1.09. The fourth-order valence-corrected chi connectivity index (χ4v) is 2.47. The van der Waals surface area contributed by atoms with Gasteiger partial charge in [-0.15, -0.1) is 0 Å². The third-order valence-corrected chi connectivity index (χ3v) is 3.27. The summed E-state index contributed by atoms with van der Waals surface area (Å²) in [6, 6.07) is 0. The third-order valence-electron chi connectivity index (χ3n) is 3.27. The highest BCUT2D eigenvalue weighted by atomic mass is 16.4. The van der Waals surface area contributed by atoms with Crippen LogP contribution in [0.3, 0.4) is 0 Å². The second-order valence-electron chi connectivity index (χ2n) is 4.87. The van der Waals surface area contributed by atoms with Gasteiger partial charge in [-0.05, 0) is 37.0 Å². The molecule has 1 aromatic rings. The first-order chi connectivity index (χ1) is 9.70. The number of carbonyl (C=O) groups excluding carboxylic acids is 2. The van der Waals surface area contributed by atoms with Crippen LogP contribution < -0.4 is 10.6 Å². The molecule has 6 heteroatoms. The standard InChI is InChI=1S/C15H20N2O4/c1-6-11-13(16-9(4)18)7(2)12(15(20)21)8(3)14(11)17-10(5)19/h6H2,1-5H3,(H,16,18)(H,17,19)(H,20,21). The molecule has 0 saturated heterocycles.